The van der Waals surface area contributed by atoms with Crippen LogP contribution in [-0.2, 0) is 4.74 Å². The zero-order valence-electron chi connectivity index (χ0n) is 13.9. The maximum absolute atomic E-state index is 12.1. The highest BCUT2D eigenvalue weighted by molar-refractivity contribution is 6.28. The number of piperidine rings is 1. The predicted octanol–water partition coefficient (Wildman–Crippen LogP) is 3.55. The molecule has 6 nitrogen and oxygen atoms in total. The lowest BCUT2D eigenvalue weighted by Gasteiger charge is -2.34. The van der Waals surface area contributed by atoms with E-state index in [1.807, 2.05) is 20.8 Å². The van der Waals surface area contributed by atoms with E-state index in [9.17, 15) is 4.79 Å². The van der Waals surface area contributed by atoms with Gasteiger partial charge in [0.25, 0.3) is 0 Å². The molecule has 0 aliphatic carbocycles. The molecule has 1 aliphatic heterocycles. The number of amides is 1. The average Bonchev–Trinajstić information content (AvgIpc) is 2.46. The fourth-order valence-corrected chi connectivity index (χ4v) is 2.66. The van der Waals surface area contributed by atoms with Crippen LogP contribution in [0.15, 0.2) is 12.3 Å². The van der Waals surface area contributed by atoms with Crippen molar-refractivity contribution in [1.82, 2.24) is 14.9 Å². The van der Waals surface area contributed by atoms with Gasteiger partial charge in [0.05, 0.1) is 6.61 Å². The minimum atomic E-state index is -0.459. The average molecular weight is 342 g/mol. The Morgan fingerprint density at radius 3 is 2.96 bits per heavy atom. The molecule has 1 atom stereocenters. The lowest BCUT2D eigenvalue weighted by atomic mass is 9.95. The summed E-state index contributed by atoms with van der Waals surface area (Å²) in [6.45, 7) is 7.66. The molecule has 0 radical (unpaired) electrons. The molecule has 2 rings (SSSR count). The summed E-state index contributed by atoms with van der Waals surface area (Å²) in [5.74, 6) is 0.887. The van der Waals surface area contributed by atoms with Crippen molar-refractivity contribution < 1.29 is 14.3 Å². The number of likely N-dealkylation sites (tertiary alicyclic amines) is 1. The number of carbonyl (C=O) groups excluding carboxylic acids is 1. The first kappa shape index (κ1) is 17.8. The normalized spacial score (nSPS) is 18.6. The van der Waals surface area contributed by atoms with Gasteiger partial charge in [-0.15, -0.1) is 0 Å². The van der Waals surface area contributed by atoms with Crippen molar-refractivity contribution in [3.8, 4) is 5.88 Å². The number of aromatic nitrogens is 2. The van der Waals surface area contributed by atoms with Gasteiger partial charge >= 0.3 is 6.09 Å². The van der Waals surface area contributed by atoms with E-state index in [0.717, 1.165) is 25.8 Å². The van der Waals surface area contributed by atoms with Crippen molar-refractivity contribution in [3.05, 3.63) is 17.5 Å². The van der Waals surface area contributed by atoms with Crippen LogP contribution in [0.25, 0.3) is 0 Å². The maximum Gasteiger partial charge on any atom is 0.410 e. The molecule has 0 spiro atoms. The van der Waals surface area contributed by atoms with Crippen LogP contribution in [0.2, 0.25) is 5.28 Å². The number of ether oxygens (including phenoxy) is 2. The Bertz CT molecular complexity index is 534. The molecule has 1 aromatic rings. The molecule has 0 bridgehead atoms. The number of rotatable bonds is 4. The Hall–Kier alpha value is -1.56. The van der Waals surface area contributed by atoms with Crippen LogP contribution in [0.1, 0.15) is 40.0 Å². The Labute approximate surface area is 142 Å². The van der Waals surface area contributed by atoms with Gasteiger partial charge in [-0.3, -0.25) is 0 Å². The van der Waals surface area contributed by atoms with Gasteiger partial charge in [0, 0.05) is 25.4 Å². The van der Waals surface area contributed by atoms with Crippen LogP contribution < -0.4 is 4.74 Å². The molecule has 1 aliphatic rings. The summed E-state index contributed by atoms with van der Waals surface area (Å²) < 4.78 is 11.0. The Morgan fingerprint density at radius 2 is 2.26 bits per heavy atom. The topological polar surface area (TPSA) is 64.5 Å². The molecule has 1 amide bonds. The van der Waals surface area contributed by atoms with Gasteiger partial charge in [-0.2, -0.15) is 4.98 Å². The summed E-state index contributed by atoms with van der Waals surface area (Å²) in [5, 5.41) is 0.177. The van der Waals surface area contributed by atoms with E-state index in [-0.39, 0.29) is 11.4 Å². The van der Waals surface area contributed by atoms with Crippen molar-refractivity contribution in [2.75, 3.05) is 19.7 Å². The van der Waals surface area contributed by atoms with Gasteiger partial charge < -0.3 is 14.4 Å². The van der Waals surface area contributed by atoms with E-state index in [1.165, 1.54) is 0 Å². The Balaban J connectivity index is 1.76. The van der Waals surface area contributed by atoms with Crippen LogP contribution >= 0.6 is 11.6 Å². The zero-order chi connectivity index (χ0) is 16.9. The van der Waals surface area contributed by atoms with Crippen molar-refractivity contribution in [2.24, 2.45) is 5.92 Å². The third-order valence-corrected chi connectivity index (χ3v) is 3.73. The molecule has 0 N–H and O–H groups in total. The maximum atomic E-state index is 12.1. The summed E-state index contributed by atoms with van der Waals surface area (Å²) in [5.41, 5.74) is -0.459. The van der Waals surface area contributed by atoms with E-state index < -0.39 is 5.60 Å². The molecule has 0 aromatic carbocycles. The lowest BCUT2D eigenvalue weighted by molar-refractivity contribution is 0.0154. The van der Waals surface area contributed by atoms with Crippen molar-refractivity contribution in [1.29, 1.82) is 0 Å². The highest BCUT2D eigenvalue weighted by atomic mass is 35.5. The van der Waals surface area contributed by atoms with Gasteiger partial charge in [0.15, 0.2) is 0 Å². The van der Waals surface area contributed by atoms with Crippen molar-refractivity contribution >= 4 is 17.7 Å². The van der Waals surface area contributed by atoms with E-state index in [0.29, 0.717) is 24.9 Å². The summed E-state index contributed by atoms with van der Waals surface area (Å²) in [4.78, 5) is 21.7. The van der Waals surface area contributed by atoms with Gasteiger partial charge in [-0.1, -0.05) is 0 Å². The van der Waals surface area contributed by atoms with Crippen LogP contribution in [0.5, 0.6) is 5.88 Å². The first-order valence-corrected chi connectivity index (χ1v) is 8.30. The monoisotopic (exact) mass is 341 g/mol. The van der Waals surface area contributed by atoms with Crippen molar-refractivity contribution in [3.63, 3.8) is 0 Å². The first-order chi connectivity index (χ1) is 10.8. The molecule has 1 aromatic heterocycles. The standard InChI is InChI=1S/C16H24ClN3O3/c1-16(2,3)23-15(21)20-9-4-5-12(11-20)7-10-22-13-6-8-18-14(17)19-13/h6,8,12H,4-5,7,9-11H2,1-3H3/t12-/m0/s1. The fraction of sp³-hybridized carbons (Fsp3) is 0.688. The van der Waals surface area contributed by atoms with E-state index in [1.54, 1.807) is 17.2 Å². The molecule has 1 saturated heterocycles. The molecule has 7 heteroatoms. The van der Waals surface area contributed by atoms with Crippen LogP contribution in [0.3, 0.4) is 0 Å². The highest BCUT2D eigenvalue weighted by Gasteiger charge is 2.27. The van der Waals surface area contributed by atoms with E-state index >= 15 is 0 Å². The quantitative estimate of drug-likeness (QED) is 0.784. The summed E-state index contributed by atoms with van der Waals surface area (Å²) in [6.07, 6.45) is 4.28. The highest BCUT2D eigenvalue weighted by Crippen LogP contribution is 2.22. The second-order valence-corrected chi connectivity index (χ2v) is 7.07. The smallest absolute Gasteiger partial charge is 0.410 e. The Kier molecular flexibility index (Phi) is 6.04. The second-order valence-electron chi connectivity index (χ2n) is 6.74. The van der Waals surface area contributed by atoms with Crippen LogP contribution in [0.4, 0.5) is 4.79 Å². The molecular formula is C16H24ClN3O3. The number of hydrogen-bond acceptors (Lipinski definition) is 5. The van der Waals surface area contributed by atoms with Gasteiger partial charge in [0.2, 0.25) is 11.2 Å². The molecule has 23 heavy (non-hydrogen) atoms. The first-order valence-electron chi connectivity index (χ1n) is 7.93. The summed E-state index contributed by atoms with van der Waals surface area (Å²) >= 11 is 5.72. The van der Waals surface area contributed by atoms with Crippen LogP contribution in [0, 0.1) is 5.92 Å². The molecule has 0 unspecified atom stereocenters. The molecular weight excluding hydrogens is 318 g/mol. The SMILES string of the molecule is CC(C)(C)OC(=O)N1CCC[C@@H](CCOc2ccnc(Cl)n2)C1. The number of hydrogen-bond donors (Lipinski definition) is 0. The number of halogens is 1. The fourth-order valence-electron chi connectivity index (χ4n) is 2.52. The molecule has 2 heterocycles. The Morgan fingerprint density at radius 1 is 1.48 bits per heavy atom. The minimum absolute atomic E-state index is 0.177. The third kappa shape index (κ3) is 6.22. The largest absolute Gasteiger partial charge is 0.478 e. The van der Waals surface area contributed by atoms with Crippen LogP contribution in [-0.4, -0.2) is 46.3 Å². The molecule has 1 fully saturated rings. The second kappa shape index (κ2) is 7.81. The van der Waals surface area contributed by atoms with Gasteiger partial charge in [0.1, 0.15) is 5.60 Å². The number of carbonyl (C=O) groups is 1. The van der Waals surface area contributed by atoms with E-state index in [4.69, 9.17) is 21.1 Å². The molecule has 128 valence electrons. The predicted molar refractivity (Wildman–Crippen MR) is 87.7 cm³/mol. The summed E-state index contributed by atoms with van der Waals surface area (Å²) in [6, 6.07) is 1.68. The molecule has 0 saturated carbocycles. The number of nitrogens with zero attached hydrogens (tertiary/aromatic N) is 3. The van der Waals surface area contributed by atoms with Gasteiger partial charge in [-0.25, -0.2) is 9.78 Å². The summed E-state index contributed by atoms with van der Waals surface area (Å²) in [7, 11) is 0. The zero-order valence-corrected chi connectivity index (χ0v) is 14.7. The van der Waals surface area contributed by atoms with E-state index in [2.05, 4.69) is 9.97 Å². The van der Waals surface area contributed by atoms with Gasteiger partial charge in [-0.05, 0) is 57.6 Å². The van der Waals surface area contributed by atoms with Crippen molar-refractivity contribution in [2.45, 2.75) is 45.6 Å². The third-order valence-electron chi connectivity index (χ3n) is 3.55. The lowest BCUT2D eigenvalue weighted by Crippen LogP contribution is -2.43. The minimum Gasteiger partial charge on any atom is -0.478 e.